The number of hydrogen-bond acceptors (Lipinski definition) is 7. The van der Waals surface area contributed by atoms with Gasteiger partial charge in [-0.05, 0) is 75.6 Å². The van der Waals surface area contributed by atoms with Crippen LogP contribution in [0.2, 0.25) is 0 Å². The molecule has 2 N–H and O–H groups in total. The molecule has 0 saturated carbocycles. The molecule has 1 unspecified atom stereocenters. The monoisotopic (exact) mass is 597 g/mol. The highest BCUT2D eigenvalue weighted by atomic mass is 16.6. The van der Waals surface area contributed by atoms with Crippen LogP contribution in [-0.4, -0.2) is 41.8 Å². The molecule has 0 aliphatic carbocycles. The Labute approximate surface area is 258 Å². The zero-order valence-electron chi connectivity index (χ0n) is 25.7. The van der Waals surface area contributed by atoms with Gasteiger partial charge in [0.05, 0.1) is 19.3 Å². The Morgan fingerprint density at radius 3 is 2.50 bits per heavy atom. The minimum absolute atomic E-state index is 0.0325. The van der Waals surface area contributed by atoms with Gasteiger partial charge in [0.25, 0.3) is 0 Å². The first-order chi connectivity index (χ1) is 21.2. The van der Waals surface area contributed by atoms with E-state index in [1.807, 2.05) is 81.6 Å². The molecule has 2 aromatic heterocycles. The number of nitrogens with zero attached hydrogens (tertiary/aromatic N) is 2. The largest absolute Gasteiger partial charge is 0.494 e. The molecule has 3 heterocycles. The van der Waals surface area contributed by atoms with Crippen LogP contribution in [0.25, 0.3) is 11.3 Å². The van der Waals surface area contributed by atoms with Crippen molar-refractivity contribution in [1.82, 2.24) is 10.3 Å². The third-order valence-corrected chi connectivity index (χ3v) is 7.23. The molecule has 0 radical (unpaired) electrons. The number of carbonyl (C=O) groups excluding carboxylic acids is 2. The van der Waals surface area contributed by atoms with Gasteiger partial charge in [-0.1, -0.05) is 43.2 Å². The molecule has 230 valence electrons. The number of hydrogen-bond donors (Lipinski definition) is 2. The van der Waals surface area contributed by atoms with Gasteiger partial charge in [-0.15, -0.1) is 0 Å². The highest BCUT2D eigenvalue weighted by molar-refractivity contribution is 5.82. The lowest BCUT2D eigenvalue weighted by atomic mass is 10.1. The lowest BCUT2D eigenvalue weighted by Gasteiger charge is -2.19. The smallest absolute Gasteiger partial charge is 0.407 e. The zero-order chi connectivity index (χ0) is 30.9. The maximum Gasteiger partial charge on any atom is 0.407 e. The minimum atomic E-state index is -0.483. The average Bonchev–Trinajstić information content (AvgIpc) is 3.62. The van der Waals surface area contributed by atoms with Gasteiger partial charge in [-0.2, -0.15) is 4.57 Å². The summed E-state index contributed by atoms with van der Waals surface area (Å²) in [5.74, 6) is 2.23. The van der Waals surface area contributed by atoms with Crippen molar-refractivity contribution >= 4 is 17.8 Å². The molecule has 0 saturated heterocycles. The molecule has 0 spiro atoms. The second-order valence-electron chi connectivity index (χ2n) is 12.0. The average molecular weight is 598 g/mol. The third-order valence-electron chi connectivity index (χ3n) is 7.23. The zero-order valence-corrected chi connectivity index (χ0v) is 25.7. The molecule has 1 atom stereocenters. The van der Waals surface area contributed by atoms with Crippen LogP contribution in [-0.2, 0) is 17.6 Å². The number of carbonyl (C=O) groups is 2. The molecule has 9 heteroatoms. The summed E-state index contributed by atoms with van der Waals surface area (Å²) in [6.07, 6.45) is 7.95. The summed E-state index contributed by atoms with van der Waals surface area (Å²) < 4.78 is 18.4. The van der Waals surface area contributed by atoms with E-state index >= 15 is 0 Å². The van der Waals surface area contributed by atoms with E-state index in [4.69, 9.17) is 18.9 Å². The van der Waals surface area contributed by atoms with E-state index in [-0.39, 0.29) is 12.0 Å². The van der Waals surface area contributed by atoms with E-state index < -0.39 is 11.6 Å². The van der Waals surface area contributed by atoms with Gasteiger partial charge < -0.3 is 19.2 Å². The fraction of sp³-hybridized carbons (Fsp3) is 0.371. The Morgan fingerprint density at radius 1 is 1.00 bits per heavy atom. The predicted molar refractivity (Wildman–Crippen MR) is 168 cm³/mol. The molecule has 4 aromatic rings. The Hall–Kier alpha value is -4.66. The van der Waals surface area contributed by atoms with E-state index in [0.717, 1.165) is 65.5 Å². The first-order valence-corrected chi connectivity index (χ1v) is 15.3. The highest BCUT2D eigenvalue weighted by Gasteiger charge is 2.41. The number of alkyl carbamates (subject to hydrolysis) is 1. The lowest BCUT2D eigenvalue weighted by Crippen LogP contribution is -2.44. The topological polar surface area (TPSA) is 107 Å². The van der Waals surface area contributed by atoms with Gasteiger partial charge in [-0.25, -0.2) is 14.6 Å². The van der Waals surface area contributed by atoms with E-state index in [1.54, 1.807) is 10.8 Å². The SMILES string of the molecule is CC(C)(C)OC(=O)NCCCCCCOc1ccc(-c2c[n+]3c(c(Cc4ccccc4)n2)NC(Cc2ccco2)C3=O)cc1. The molecular weight excluding hydrogens is 556 g/mol. The van der Waals surface area contributed by atoms with E-state index in [9.17, 15) is 9.59 Å². The Morgan fingerprint density at radius 2 is 1.77 bits per heavy atom. The predicted octanol–water partition coefficient (Wildman–Crippen LogP) is 6.36. The second kappa shape index (κ2) is 14.2. The summed E-state index contributed by atoms with van der Waals surface area (Å²) in [5.41, 5.74) is 3.07. The van der Waals surface area contributed by atoms with Crippen molar-refractivity contribution in [2.45, 2.75) is 70.9 Å². The Bertz CT molecular complexity index is 1530. The standard InChI is InChI=1S/C35H40N4O5/c1-35(2,3)44-34(41)36-19-9-4-5-10-20-42-27-17-15-26(16-18-27)31-24-39-32(29(37-31)22-25-12-7-6-8-13-25)38-30(33(39)40)23-28-14-11-21-43-28/h6-8,11-18,21,24,30H,4-5,9-10,19-20,22-23H2,1-3H3,(H,36,41)/p+1. The maximum atomic E-state index is 13.5. The summed E-state index contributed by atoms with van der Waals surface area (Å²) >= 11 is 0. The molecule has 5 rings (SSSR count). The normalized spacial score (nSPS) is 14.2. The maximum absolute atomic E-state index is 13.5. The van der Waals surface area contributed by atoms with Gasteiger partial charge in [0.15, 0.2) is 0 Å². The highest BCUT2D eigenvalue weighted by Crippen LogP contribution is 2.26. The van der Waals surface area contributed by atoms with Gasteiger partial charge in [0, 0.05) is 18.5 Å². The van der Waals surface area contributed by atoms with Crippen molar-refractivity contribution in [3.8, 4) is 17.0 Å². The molecule has 0 fully saturated rings. The van der Waals surface area contributed by atoms with Gasteiger partial charge in [-0.3, -0.25) is 5.32 Å². The van der Waals surface area contributed by atoms with Crippen LogP contribution >= 0.6 is 0 Å². The van der Waals surface area contributed by atoms with Gasteiger partial charge >= 0.3 is 17.8 Å². The lowest BCUT2D eigenvalue weighted by molar-refractivity contribution is -0.552. The van der Waals surface area contributed by atoms with Crippen molar-refractivity contribution in [1.29, 1.82) is 0 Å². The number of benzene rings is 2. The number of fused-ring (bicyclic) bond motifs is 1. The summed E-state index contributed by atoms with van der Waals surface area (Å²) in [5, 5.41) is 6.20. The van der Waals surface area contributed by atoms with Crippen molar-refractivity contribution in [3.63, 3.8) is 0 Å². The van der Waals surface area contributed by atoms with Crippen LogP contribution in [0.4, 0.5) is 10.6 Å². The van der Waals surface area contributed by atoms with Crippen LogP contribution in [0.1, 0.15) is 68.3 Å². The number of ether oxygens (including phenoxy) is 2. The first-order valence-electron chi connectivity index (χ1n) is 15.3. The minimum Gasteiger partial charge on any atom is -0.494 e. The quantitative estimate of drug-likeness (QED) is 0.136. The molecule has 1 aliphatic rings. The summed E-state index contributed by atoms with van der Waals surface area (Å²) in [7, 11) is 0. The number of unbranched alkanes of at least 4 members (excludes halogenated alkanes) is 3. The van der Waals surface area contributed by atoms with Crippen LogP contribution in [0.5, 0.6) is 5.75 Å². The summed E-state index contributed by atoms with van der Waals surface area (Å²) in [4.78, 5) is 30.2. The number of furan rings is 1. The molecule has 1 amide bonds. The Balaban J connectivity index is 1.17. The number of amides is 1. The van der Waals surface area contributed by atoms with Gasteiger partial charge in [0.1, 0.15) is 34.7 Å². The van der Waals surface area contributed by atoms with Crippen molar-refractivity contribution in [2.75, 3.05) is 18.5 Å². The van der Waals surface area contributed by atoms with E-state index in [1.165, 1.54) is 0 Å². The molecule has 9 nitrogen and oxygen atoms in total. The molecule has 2 aromatic carbocycles. The first kappa shape index (κ1) is 30.8. The third kappa shape index (κ3) is 8.46. The number of nitrogens with one attached hydrogen (secondary N) is 2. The van der Waals surface area contributed by atoms with Crippen LogP contribution in [0.15, 0.2) is 83.6 Å². The number of rotatable bonds is 13. The van der Waals surface area contributed by atoms with Crippen molar-refractivity contribution in [2.24, 2.45) is 0 Å². The summed E-state index contributed by atoms with van der Waals surface area (Å²) in [6.45, 7) is 6.78. The number of aromatic nitrogens is 2. The molecule has 44 heavy (non-hydrogen) atoms. The number of anilines is 1. The van der Waals surface area contributed by atoms with Gasteiger partial charge in [0.2, 0.25) is 6.04 Å². The molecule has 0 bridgehead atoms. The fourth-order valence-corrected chi connectivity index (χ4v) is 5.09. The molecule has 1 aliphatic heterocycles. The fourth-order valence-electron chi connectivity index (χ4n) is 5.09. The van der Waals surface area contributed by atoms with Crippen LogP contribution in [0, 0.1) is 0 Å². The second-order valence-corrected chi connectivity index (χ2v) is 12.0. The van der Waals surface area contributed by atoms with Crippen molar-refractivity contribution < 1.29 is 28.0 Å². The van der Waals surface area contributed by atoms with Crippen LogP contribution in [0.3, 0.4) is 0 Å². The van der Waals surface area contributed by atoms with E-state index in [0.29, 0.717) is 26.0 Å². The van der Waals surface area contributed by atoms with Crippen LogP contribution < -0.4 is 19.9 Å². The summed E-state index contributed by atoms with van der Waals surface area (Å²) in [6, 6.07) is 21.3. The molecular formula is C35H41N4O5+. The Kier molecular flexibility index (Phi) is 9.94. The van der Waals surface area contributed by atoms with E-state index in [2.05, 4.69) is 22.8 Å². The van der Waals surface area contributed by atoms with Crippen molar-refractivity contribution in [3.05, 3.63) is 96.2 Å².